The van der Waals surface area contributed by atoms with Gasteiger partial charge in [-0.15, -0.1) is 0 Å². The molecule has 1 heterocycles. The number of carbonyl (C=O) groups excluding carboxylic acids is 2. The van der Waals surface area contributed by atoms with E-state index in [1.807, 2.05) is 19.1 Å². The first kappa shape index (κ1) is 15.6. The molecule has 2 rings (SSSR count). The van der Waals surface area contributed by atoms with Gasteiger partial charge in [-0.05, 0) is 44.2 Å². The normalized spacial score (nSPS) is 21.8. The van der Waals surface area contributed by atoms with Crippen LogP contribution >= 0.6 is 0 Å². The maximum Gasteiger partial charge on any atom is 0.223 e. The maximum absolute atomic E-state index is 12.1. The Kier molecular flexibility index (Phi) is 5.84. The van der Waals surface area contributed by atoms with Crippen molar-refractivity contribution >= 4 is 11.8 Å². The van der Waals surface area contributed by atoms with E-state index < -0.39 is 0 Å². The fourth-order valence-electron chi connectivity index (χ4n) is 2.74. The quantitative estimate of drug-likeness (QED) is 0.844. The van der Waals surface area contributed by atoms with E-state index in [4.69, 9.17) is 4.42 Å². The summed E-state index contributed by atoms with van der Waals surface area (Å²) < 4.78 is 5.19. The van der Waals surface area contributed by atoms with Gasteiger partial charge in [-0.1, -0.05) is 6.92 Å². The topological polar surface area (TPSA) is 71.3 Å². The van der Waals surface area contributed by atoms with Gasteiger partial charge in [0.15, 0.2) is 0 Å². The Morgan fingerprint density at radius 3 is 2.29 bits per heavy atom. The van der Waals surface area contributed by atoms with E-state index in [0.717, 1.165) is 44.4 Å². The molecular formula is C16H24N2O3. The molecule has 0 atom stereocenters. The Hall–Kier alpha value is -1.78. The molecule has 5 heteroatoms. The highest BCUT2D eigenvalue weighted by atomic mass is 16.3. The summed E-state index contributed by atoms with van der Waals surface area (Å²) in [5.74, 6) is 1.07. The van der Waals surface area contributed by atoms with Crippen molar-refractivity contribution in [3.8, 4) is 0 Å². The first-order valence-electron chi connectivity index (χ1n) is 7.78. The number of carbonyl (C=O) groups is 2. The van der Waals surface area contributed by atoms with E-state index in [2.05, 4.69) is 10.6 Å². The lowest BCUT2D eigenvalue weighted by atomic mass is 9.81. The molecule has 0 aromatic carbocycles. The van der Waals surface area contributed by atoms with Crippen LogP contribution in [-0.2, 0) is 16.1 Å². The Bertz CT molecular complexity index is 448. The van der Waals surface area contributed by atoms with Gasteiger partial charge in [0.25, 0.3) is 0 Å². The third-order valence-electron chi connectivity index (χ3n) is 4.03. The highest BCUT2D eigenvalue weighted by molar-refractivity contribution is 5.81. The van der Waals surface area contributed by atoms with Crippen molar-refractivity contribution in [2.24, 2.45) is 11.8 Å². The lowest BCUT2D eigenvalue weighted by Crippen LogP contribution is -2.37. The van der Waals surface area contributed by atoms with Crippen LogP contribution in [0.5, 0.6) is 0 Å². The van der Waals surface area contributed by atoms with Crippen LogP contribution in [0.2, 0.25) is 0 Å². The van der Waals surface area contributed by atoms with E-state index in [1.165, 1.54) is 0 Å². The molecule has 2 amide bonds. The van der Waals surface area contributed by atoms with Crippen molar-refractivity contribution in [2.45, 2.75) is 45.6 Å². The van der Waals surface area contributed by atoms with E-state index >= 15 is 0 Å². The third kappa shape index (κ3) is 4.62. The van der Waals surface area contributed by atoms with Crippen LogP contribution in [0.3, 0.4) is 0 Å². The summed E-state index contributed by atoms with van der Waals surface area (Å²) in [5, 5.41) is 5.84. The minimum atomic E-state index is 0.0233. The van der Waals surface area contributed by atoms with Gasteiger partial charge in [0.2, 0.25) is 11.8 Å². The van der Waals surface area contributed by atoms with Gasteiger partial charge in [0.05, 0.1) is 12.8 Å². The van der Waals surface area contributed by atoms with E-state index in [0.29, 0.717) is 6.54 Å². The summed E-state index contributed by atoms with van der Waals surface area (Å²) in [6.45, 7) is 3.21. The summed E-state index contributed by atoms with van der Waals surface area (Å²) in [6.07, 6.45) is 5.73. The standard InChI is InChI=1S/C16H24N2O3/c1-2-9-17-15(19)12-5-7-13(8-6-12)16(20)18-11-14-4-3-10-21-14/h3-4,10,12-13H,2,5-9,11H2,1H3,(H,17,19)(H,18,20). The molecule has 1 aliphatic carbocycles. The zero-order chi connectivity index (χ0) is 15.1. The molecule has 1 aromatic heterocycles. The predicted octanol–water partition coefficient (Wildman–Crippen LogP) is 2.23. The molecular weight excluding hydrogens is 268 g/mol. The summed E-state index contributed by atoms with van der Waals surface area (Å²) >= 11 is 0. The summed E-state index contributed by atoms with van der Waals surface area (Å²) in [4.78, 5) is 24.0. The van der Waals surface area contributed by atoms with Crippen molar-refractivity contribution in [3.05, 3.63) is 24.2 Å². The third-order valence-corrected chi connectivity index (χ3v) is 4.03. The molecule has 0 radical (unpaired) electrons. The van der Waals surface area contributed by atoms with Crippen LogP contribution in [0, 0.1) is 11.8 Å². The average Bonchev–Trinajstić information content (AvgIpc) is 3.04. The minimum absolute atomic E-state index is 0.0233. The Balaban J connectivity index is 1.70. The molecule has 116 valence electrons. The van der Waals surface area contributed by atoms with Gasteiger partial charge < -0.3 is 15.1 Å². The van der Waals surface area contributed by atoms with Crippen LogP contribution in [0.25, 0.3) is 0 Å². The number of amides is 2. The van der Waals surface area contributed by atoms with Crippen LogP contribution in [0.1, 0.15) is 44.8 Å². The van der Waals surface area contributed by atoms with Gasteiger partial charge in [-0.3, -0.25) is 9.59 Å². The summed E-state index contributed by atoms with van der Waals surface area (Å²) in [7, 11) is 0. The first-order valence-corrected chi connectivity index (χ1v) is 7.78. The van der Waals surface area contributed by atoms with Gasteiger partial charge in [-0.2, -0.15) is 0 Å². The second-order valence-corrected chi connectivity index (χ2v) is 5.64. The zero-order valence-electron chi connectivity index (χ0n) is 12.6. The Morgan fingerprint density at radius 2 is 1.76 bits per heavy atom. The second kappa shape index (κ2) is 7.86. The van der Waals surface area contributed by atoms with Gasteiger partial charge in [0.1, 0.15) is 5.76 Å². The molecule has 1 fully saturated rings. The maximum atomic E-state index is 12.1. The number of hydrogen-bond acceptors (Lipinski definition) is 3. The fourth-order valence-corrected chi connectivity index (χ4v) is 2.74. The molecule has 1 saturated carbocycles. The molecule has 1 aliphatic rings. The Morgan fingerprint density at radius 1 is 1.14 bits per heavy atom. The second-order valence-electron chi connectivity index (χ2n) is 5.64. The van der Waals surface area contributed by atoms with E-state index in [1.54, 1.807) is 6.26 Å². The van der Waals surface area contributed by atoms with E-state index in [-0.39, 0.29) is 23.7 Å². The van der Waals surface area contributed by atoms with Crippen molar-refractivity contribution in [1.29, 1.82) is 0 Å². The van der Waals surface area contributed by atoms with Crippen LogP contribution in [0.15, 0.2) is 22.8 Å². The van der Waals surface area contributed by atoms with Gasteiger partial charge in [-0.25, -0.2) is 0 Å². The van der Waals surface area contributed by atoms with Crippen molar-refractivity contribution in [1.82, 2.24) is 10.6 Å². The molecule has 0 bridgehead atoms. The van der Waals surface area contributed by atoms with Crippen molar-refractivity contribution in [3.63, 3.8) is 0 Å². The largest absolute Gasteiger partial charge is 0.467 e. The van der Waals surface area contributed by atoms with Gasteiger partial charge >= 0.3 is 0 Å². The highest BCUT2D eigenvalue weighted by Crippen LogP contribution is 2.29. The smallest absolute Gasteiger partial charge is 0.223 e. The molecule has 0 spiro atoms. The minimum Gasteiger partial charge on any atom is -0.467 e. The monoisotopic (exact) mass is 292 g/mol. The number of hydrogen-bond donors (Lipinski definition) is 2. The number of furan rings is 1. The van der Waals surface area contributed by atoms with Crippen LogP contribution in [0.4, 0.5) is 0 Å². The average molecular weight is 292 g/mol. The van der Waals surface area contributed by atoms with Crippen molar-refractivity contribution in [2.75, 3.05) is 6.54 Å². The fraction of sp³-hybridized carbons (Fsp3) is 0.625. The lowest BCUT2D eigenvalue weighted by molar-refractivity contribution is -0.130. The summed E-state index contributed by atoms with van der Waals surface area (Å²) in [5.41, 5.74) is 0. The van der Waals surface area contributed by atoms with Crippen LogP contribution in [-0.4, -0.2) is 18.4 Å². The first-order chi connectivity index (χ1) is 10.2. The molecule has 21 heavy (non-hydrogen) atoms. The Labute approximate surface area is 125 Å². The molecule has 1 aromatic rings. The lowest BCUT2D eigenvalue weighted by Gasteiger charge is -2.26. The predicted molar refractivity (Wildman–Crippen MR) is 79.3 cm³/mol. The molecule has 5 nitrogen and oxygen atoms in total. The zero-order valence-corrected chi connectivity index (χ0v) is 12.6. The number of rotatable bonds is 6. The molecule has 0 saturated heterocycles. The summed E-state index contributed by atoms with van der Waals surface area (Å²) in [6, 6.07) is 3.65. The molecule has 0 aliphatic heterocycles. The molecule has 2 N–H and O–H groups in total. The van der Waals surface area contributed by atoms with Crippen molar-refractivity contribution < 1.29 is 14.0 Å². The number of nitrogens with one attached hydrogen (secondary N) is 2. The molecule has 0 unspecified atom stereocenters. The van der Waals surface area contributed by atoms with Gasteiger partial charge in [0, 0.05) is 18.4 Å². The SMILES string of the molecule is CCCNC(=O)C1CCC(C(=O)NCc2ccco2)CC1. The van der Waals surface area contributed by atoms with Crippen LogP contribution < -0.4 is 10.6 Å². The van der Waals surface area contributed by atoms with E-state index in [9.17, 15) is 9.59 Å². The highest BCUT2D eigenvalue weighted by Gasteiger charge is 2.29.